The monoisotopic (exact) mass is 355 g/mol. The molecule has 3 rings (SSSR count). The molecule has 0 radical (unpaired) electrons. The second-order valence-electron chi connectivity index (χ2n) is 5.54. The van der Waals surface area contributed by atoms with Crippen molar-refractivity contribution in [2.24, 2.45) is 0 Å². The van der Waals surface area contributed by atoms with Gasteiger partial charge in [-0.3, -0.25) is 4.79 Å². The van der Waals surface area contributed by atoms with Gasteiger partial charge in [0.1, 0.15) is 6.10 Å². The fraction of sp³-hybridized carbons (Fsp3) is 0.312. The highest BCUT2D eigenvalue weighted by atomic mass is 19.2. The summed E-state index contributed by atoms with van der Waals surface area (Å²) in [7, 11) is 0. The van der Waals surface area contributed by atoms with Crippen LogP contribution in [0.5, 0.6) is 6.01 Å². The van der Waals surface area contributed by atoms with Crippen LogP contribution in [-0.4, -0.2) is 40.0 Å². The zero-order chi connectivity index (χ0) is 18.0. The third-order valence-corrected chi connectivity index (χ3v) is 3.80. The van der Waals surface area contributed by atoms with E-state index in [0.717, 1.165) is 18.5 Å². The Hall–Kier alpha value is -2.71. The van der Waals surface area contributed by atoms with Crippen LogP contribution < -0.4 is 4.74 Å². The lowest BCUT2D eigenvalue weighted by atomic mass is 10.1. The summed E-state index contributed by atoms with van der Waals surface area (Å²) in [5, 5.41) is 0. The van der Waals surface area contributed by atoms with E-state index >= 15 is 0 Å². The van der Waals surface area contributed by atoms with E-state index in [1.807, 2.05) is 0 Å². The molecule has 2 heterocycles. The minimum Gasteiger partial charge on any atom is -0.458 e. The molecule has 5 nitrogen and oxygen atoms in total. The molecule has 0 aliphatic carbocycles. The van der Waals surface area contributed by atoms with Crippen LogP contribution in [0.2, 0.25) is 0 Å². The van der Waals surface area contributed by atoms with Crippen LogP contribution in [-0.2, 0) is 0 Å². The number of benzene rings is 1. The Morgan fingerprint density at radius 3 is 2.56 bits per heavy atom. The first-order valence-corrected chi connectivity index (χ1v) is 7.52. The summed E-state index contributed by atoms with van der Waals surface area (Å²) in [5.41, 5.74) is -0.544. The Morgan fingerprint density at radius 2 is 1.84 bits per heavy atom. The van der Waals surface area contributed by atoms with Crippen molar-refractivity contribution < 1.29 is 27.1 Å². The minimum atomic E-state index is -1.68. The number of hydrogen-bond donors (Lipinski definition) is 0. The van der Waals surface area contributed by atoms with Crippen LogP contribution in [0.15, 0.2) is 24.5 Å². The van der Waals surface area contributed by atoms with Crippen LogP contribution in [0.1, 0.15) is 23.2 Å². The van der Waals surface area contributed by atoms with E-state index in [1.165, 1.54) is 4.90 Å². The lowest BCUT2D eigenvalue weighted by Crippen LogP contribution is -2.44. The number of rotatable bonds is 3. The average molecular weight is 355 g/mol. The molecule has 0 bridgehead atoms. The Balaban J connectivity index is 1.71. The number of carbonyl (C=O) groups is 1. The molecule has 1 aromatic heterocycles. The molecule has 1 aliphatic heterocycles. The Morgan fingerprint density at radius 1 is 1.12 bits per heavy atom. The van der Waals surface area contributed by atoms with Crippen LogP contribution >= 0.6 is 0 Å². The topological polar surface area (TPSA) is 55.3 Å². The number of hydrogen-bond acceptors (Lipinski definition) is 4. The standard InChI is InChI=1S/C16H13F4N3O2/c17-9-6-21-16(22-7-9)25-10-2-1-5-23(8-10)15(24)11-3-4-12(18)14(20)13(11)19/h3-4,6-7,10H,1-2,5,8H2. The first-order valence-electron chi connectivity index (χ1n) is 7.52. The summed E-state index contributed by atoms with van der Waals surface area (Å²) in [5.74, 6) is -5.93. The lowest BCUT2D eigenvalue weighted by Gasteiger charge is -2.32. The van der Waals surface area contributed by atoms with Crippen LogP contribution in [0.3, 0.4) is 0 Å². The maximum absolute atomic E-state index is 13.8. The number of halogens is 4. The Labute approximate surface area is 140 Å². The van der Waals surface area contributed by atoms with Gasteiger partial charge in [0.05, 0.1) is 24.5 Å². The van der Waals surface area contributed by atoms with Gasteiger partial charge in [0.15, 0.2) is 23.3 Å². The SMILES string of the molecule is O=C(c1ccc(F)c(F)c1F)N1CCCC(Oc2ncc(F)cn2)C1. The Bertz CT molecular complexity index is 786. The number of piperidine rings is 1. The van der Waals surface area contributed by atoms with Crippen LogP contribution in [0.4, 0.5) is 17.6 Å². The summed E-state index contributed by atoms with van der Waals surface area (Å²) < 4.78 is 58.4. The molecule has 1 fully saturated rings. The summed E-state index contributed by atoms with van der Waals surface area (Å²) >= 11 is 0. The highest BCUT2D eigenvalue weighted by Crippen LogP contribution is 2.21. The number of carbonyl (C=O) groups excluding carboxylic acids is 1. The van der Waals surface area contributed by atoms with Crippen molar-refractivity contribution in [3.63, 3.8) is 0 Å². The predicted molar refractivity (Wildman–Crippen MR) is 77.9 cm³/mol. The third-order valence-electron chi connectivity index (χ3n) is 3.80. The van der Waals surface area contributed by atoms with E-state index in [0.29, 0.717) is 25.5 Å². The van der Waals surface area contributed by atoms with Gasteiger partial charge in [-0.05, 0) is 25.0 Å². The van der Waals surface area contributed by atoms with Gasteiger partial charge >= 0.3 is 6.01 Å². The molecule has 9 heteroatoms. The number of amides is 1. The molecule has 132 valence electrons. The summed E-state index contributed by atoms with van der Waals surface area (Å²) in [4.78, 5) is 21.0. The first kappa shape index (κ1) is 17.1. The van der Waals surface area contributed by atoms with E-state index in [9.17, 15) is 22.4 Å². The maximum Gasteiger partial charge on any atom is 0.316 e. The summed E-state index contributed by atoms with van der Waals surface area (Å²) in [6.07, 6.45) is 2.57. The van der Waals surface area contributed by atoms with Gasteiger partial charge in [-0.2, -0.15) is 0 Å². The highest BCUT2D eigenvalue weighted by molar-refractivity contribution is 5.94. The summed E-state index contributed by atoms with van der Waals surface area (Å²) in [6.45, 7) is 0.416. The molecule has 0 spiro atoms. The van der Waals surface area contributed by atoms with E-state index < -0.39 is 40.8 Å². The quantitative estimate of drug-likeness (QED) is 0.628. The fourth-order valence-electron chi connectivity index (χ4n) is 2.59. The minimum absolute atomic E-state index is 0.0419. The fourth-order valence-corrected chi connectivity index (χ4v) is 2.59. The number of likely N-dealkylation sites (tertiary alicyclic amines) is 1. The van der Waals surface area contributed by atoms with E-state index in [1.54, 1.807) is 0 Å². The van der Waals surface area contributed by atoms with E-state index in [4.69, 9.17) is 4.74 Å². The molecular formula is C16H13F4N3O2. The summed E-state index contributed by atoms with van der Waals surface area (Å²) in [6, 6.07) is 1.57. The number of ether oxygens (including phenoxy) is 1. The average Bonchev–Trinajstić information content (AvgIpc) is 2.61. The van der Waals surface area contributed by atoms with Crippen molar-refractivity contribution in [3.8, 4) is 6.01 Å². The molecular weight excluding hydrogens is 342 g/mol. The van der Waals surface area contributed by atoms with Crippen LogP contribution in [0.25, 0.3) is 0 Å². The van der Waals surface area contributed by atoms with Gasteiger partial charge in [0, 0.05) is 6.54 Å². The molecule has 1 saturated heterocycles. The molecule has 0 N–H and O–H groups in total. The number of nitrogens with zero attached hydrogens (tertiary/aromatic N) is 3. The van der Waals surface area contributed by atoms with Gasteiger partial charge in [-0.25, -0.2) is 27.5 Å². The zero-order valence-electron chi connectivity index (χ0n) is 12.9. The molecule has 2 aromatic rings. The lowest BCUT2D eigenvalue weighted by molar-refractivity contribution is 0.0510. The smallest absolute Gasteiger partial charge is 0.316 e. The first-order chi connectivity index (χ1) is 12.0. The molecule has 25 heavy (non-hydrogen) atoms. The van der Waals surface area contributed by atoms with Crippen molar-refractivity contribution in [1.29, 1.82) is 0 Å². The van der Waals surface area contributed by atoms with Crippen molar-refractivity contribution in [2.45, 2.75) is 18.9 Å². The number of aromatic nitrogens is 2. The van der Waals surface area contributed by atoms with Crippen LogP contribution in [0, 0.1) is 23.3 Å². The highest BCUT2D eigenvalue weighted by Gasteiger charge is 2.29. The Kier molecular flexibility index (Phi) is 4.82. The normalized spacial score (nSPS) is 17.4. The second-order valence-corrected chi connectivity index (χ2v) is 5.54. The van der Waals surface area contributed by atoms with Gasteiger partial charge in [-0.1, -0.05) is 0 Å². The van der Waals surface area contributed by atoms with Crippen molar-refractivity contribution in [1.82, 2.24) is 14.9 Å². The van der Waals surface area contributed by atoms with E-state index in [-0.39, 0.29) is 12.6 Å². The molecule has 1 amide bonds. The molecule has 0 saturated carbocycles. The largest absolute Gasteiger partial charge is 0.458 e. The van der Waals surface area contributed by atoms with Gasteiger partial charge < -0.3 is 9.64 Å². The third kappa shape index (κ3) is 3.70. The maximum atomic E-state index is 13.8. The van der Waals surface area contributed by atoms with Gasteiger partial charge in [0.25, 0.3) is 5.91 Å². The predicted octanol–water partition coefficient (Wildman–Crippen LogP) is 2.72. The molecule has 1 atom stereocenters. The molecule has 1 unspecified atom stereocenters. The van der Waals surface area contributed by atoms with Crippen molar-refractivity contribution >= 4 is 5.91 Å². The van der Waals surface area contributed by atoms with E-state index in [2.05, 4.69) is 9.97 Å². The molecule has 1 aromatic carbocycles. The van der Waals surface area contributed by atoms with Gasteiger partial charge in [-0.15, -0.1) is 0 Å². The van der Waals surface area contributed by atoms with Gasteiger partial charge in [0.2, 0.25) is 0 Å². The van der Waals surface area contributed by atoms with Crippen molar-refractivity contribution in [3.05, 3.63) is 53.4 Å². The zero-order valence-corrected chi connectivity index (χ0v) is 12.9. The second kappa shape index (κ2) is 7.04. The van der Waals surface area contributed by atoms with Crippen molar-refractivity contribution in [2.75, 3.05) is 13.1 Å². The molecule has 1 aliphatic rings.